The van der Waals surface area contributed by atoms with Crippen molar-refractivity contribution in [2.75, 3.05) is 6.54 Å². The Morgan fingerprint density at radius 1 is 1.50 bits per heavy atom. The maximum absolute atomic E-state index is 13.2. The normalized spacial score (nSPS) is 10.7. The molecule has 1 rings (SSSR count). The first kappa shape index (κ1) is 14.1. The van der Waals surface area contributed by atoms with E-state index in [-0.39, 0.29) is 18.2 Å². The van der Waals surface area contributed by atoms with Crippen LogP contribution in [-0.2, 0) is 11.3 Å². The molecule has 0 radical (unpaired) electrons. The summed E-state index contributed by atoms with van der Waals surface area (Å²) in [6, 6.07) is 5.94. The van der Waals surface area contributed by atoms with E-state index < -0.39 is 11.8 Å². The zero-order valence-electron chi connectivity index (χ0n) is 10.4. The summed E-state index contributed by atoms with van der Waals surface area (Å²) < 4.78 is 13.2. The molecule has 4 nitrogen and oxygen atoms in total. The first-order valence-corrected chi connectivity index (χ1v) is 5.57. The number of carbonyl (C=O) groups is 1. The van der Waals surface area contributed by atoms with Crippen LogP contribution in [0.5, 0.6) is 0 Å². The van der Waals surface area contributed by atoms with Gasteiger partial charge in [0.25, 0.3) is 0 Å². The van der Waals surface area contributed by atoms with Crippen molar-refractivity contribution < 1.29 is 14.3 Å². The van der Waals surface area contributed by atoms with Crippen molar-refractivity contribution in [3.8, 4) is 6.07 Å². The molecular weight excluding hydrogens is 235 g/mol. The molecule has 0 amide bonds. The molecule has 0 aliphatic heterocycles. The Hall–Kier alpha value is -1.93. The second-order valence-electron chi connectivity index (χ2n) is 4.35. The van der Waals surface area contributed by atoms with E-state index in [0.29, 0.717) is 12.1 Å². The topological polar surface area (TPSA) is 64.3 Å². The number of carboxylic acid groups (broad SMARTS) is 1. The predicted molar refractivity (Wildman–Crippen MR) is 64.3 cm³/mol. The fraction of sp³-hybridized carbons (Fsp3) is 0.385. The predicted octanol–water partition coefficient (Wildman–Crippen LogP) is 1.99. The number of aliphatic carboxylic acids is 1. The molecule has 5 heteroatoms. The van der Waals surface area contributed by atoms with Crippen LogP contribution in [0.15, 0.2) is 18.2 Å². The summed E-state index contributed by atoms with van der Waals surface area (Å²) in [5.74, 6) is -1.41. The number of benzene rings is 1. The molecule has 0 spiro atoms. The number of rotatable bonds is 5. The van der Waals surface area contributed by atoms with Gasteiger partial charge in [-0.25, -0.2) is 4.39 Å². The standard InChI is InChI=1S/C13H15FN2O2/c1-9(2)16(8-13(17)18)7-11-3-10(6-15)4-12(14)5-11/h3-5,9H,7-8H2,1-2H3,(H,17,18). The van der Waals surface area contributed by atoms with Crippen molar-refractivity contribution in [1.82, 2.24) is 4.90 Å². The van der Waals surface area contributed by atoms with Crippen molar-refractivity contribution in [1.29, 1.82) is 5.26 Å². The average molecular weight is 250 g/mol. The average Bonchev–Trinajstić information content (AvgIpc) is 2.26. The van der Waals surface area contributed by atoms with Crippen LogP contribution in [0.1, 0.15) is 25.0 Å². The Labute approximate surface area is 105 Å². The largest absolute Gasteiger partial charge is 0.480 e. The summed E-state index contributed by atoms with van der Waals surface area (Å²) in [6.07, 6.45) is 0. The lowest BCUT2D eigenvalue weighted by Crippen LogP contribution is -2.35. The van der Waals surface area contributed by atoms with Crippen molar-refractivity contribution in [3.63, 3.8) is 0 Å². The molecule has 0 bridgehead atoms. The maximum atomic E-state index is 13.2. The van der Waals surface area contributed by atoms with Crippen LogP contribution >= 0.6 is 0 Å². The van der Waals surface area contributed by atoms with Gasteiger partial charge >= 0.3 is 5.97 Å². The van der Waals surface area contributed by atoms with Crippen molar-refractivity contribution in [2.45, 2.75) is 26.4 Å². The van der Waals surface area contributed by atoms with Gasteiger partial charge in [-0.2, -0.15) is 5.26 Å². The Morgan fingerprint density at radius 2 is 2.17 bits per heavy atom. The molecule has 1 aromatic rings. The lowest BCUT2D eigenvalue weighted by atomic mass is 10.1. The van der Waals surface area contributed by atoms with Crippen LogP contribution in [0, 0.1) is 17.1 Å². The number of hydrogen-bond donors (Lipinski definition) is 1. The monoisotopic (exact) mass is 250 g/mol. The van der Waals surface area contributed by atoms with Gasteiger partial charge in [0, 0.05) is 12.6 Å². The molecule has 0 saturated heterocycles. The van der Waals surface area contributed by atoms with Crippen LogP contribution in [0.25, 0.3) is 0 Å². The molecular formula is C13H15FN2O2. The van der Waals surface area contributed by atoms with Crippen LogP contribution in [0.3, 0.4) is 0 Å². The second kappa shape index (κ2) is 6.12. The Kier molecular flexibility index (Phi) is 4.81. The fourth-order valence-corrected chi connectivity index (χ4v) is 1.64. The molecule has 0 unspecified atom stereocenters. The molecule has 1 aromatic carbocycles. The van der Waals surface area contributed by atoms with Crippen LogP contribution in [0.2, 0.25) is 0 Å². The van der Waals surface area contributed by atoms with Crippen LogP contribution < -0.4 is 0 Å². The third kappa shape index (κ3) is 4.15. The Balaban J connectivity index is 2.90. The fourth-order valence-electron chi connectivity index (χ4n) is 1.64. The minimum Gasteiger partial charge on any atom is -0.480 e. The van der Waals surface area contributed by atoms with Gasteiger partial charge in [-0.3, -0.25) is 9.69 Å². The van der Waals surface area contributed by atoms with E-state index in [1.54, 1.807) is 11.0 Å². The summed E-state index contributed by atoms with van der Waals surface area (Å²) in [6.45, 7) is 3.92. The van der Waals surface area contributed by atoms with Gasteiger partial charge in [-0.1, -0.05) is 0 Å². The molecule has 96 valence electrons. The van der Waals surface area contributed by atoms with Crippen molar-refractivity contribution in [3.05, 3.63) is 35.1 Å². The number of nitrogens with zero attached hydrogens (tertiary/aromatic N) is 2. The van der Waals surface area contributed by atoms with Gasteiger partial charge in [0.05, 0.1) is 18.2 Å². The minimum absolute atomic E-state index is 0.0231. The third-order valence-electron chi connectivity index (χ3n) is 2.54. The van der Waals surface area contributed by atoms with E-state index in [2.05, 4.69) is 0 Å². The molecule has 0 aromatic heterocycles. The molecule has 0 fully saturated rings. The molecule has 0 aliphatic carbocycles. The smallest absolute Gasteiger partial charge is 0.317 e. The summed E-state index contributed by atoms with van der Waals surface area (Å²) in [7, 11) is 0. The highest BCUT2D eigenvalue weighted by molar-refractivity contribution is 5.69. The van der Waals surface area contributed by atoms with Gasteiger partial charge in [-0.05, 0) is 37.6 Å². The lowest BCUT2D eigenvalue weighted by Gasteiger charge is -2.24. The number of halogens is 1. The molecule has 0 aliphatic rings. The quantitative estimate of drug-likeness (QED) is 0.868. The second-order valence-corrected chi connectivity index (χ2v) is 4.35. The van der Waals surface area contributed by atoms with Gasteiger partial charge in [0.1, 0.15) is 5.82 Å². The van der Waals surface area contributed by atoms with E-state index in [1.807, 2.05) is 19.9 Å². The maximum Gasteiger partial charge on any atom is 0.317 e. The minimum atomic E-state index is -0.930. The number of carboxylic acids is 1. The molecule has 0 saturated carbocycles. The molecule has 18 heavy (non-hydrogen) atoms. The van der Waals surface area contributed by atoms with Crippen LogP contribution in [0.4, 0.5) is 4.39 Å². The van der Waals surface area contributed by atoms with Crippen molar-refractivity contribution >= 4 is 5.97 Å². The highest BCUT2D eigenvalue weighted by atomic mass is 19.1. The Morgan fingerprint density at radius 3 is 2.67 bits per heavy atom. The molecule has 0 atom stereocenters. The zero-order chi connectivity index (χ0) is 13.7. The van der Waals surface area contributed by atoms with E-state index in [0.717, 1.165) is 6.07 Å². The van der Waals surface area contributed by atoms with E-state index in [1.165, 1.54) is 6.07 Å². The van der Waals surface area contributed by atoms with E-state index in [4.69, 9.17) is 10.4 Å². The van der Waals surface area contributed by atoms with Gasteiger partial charge in [0.15, 0.2) is 0 Å². The van der Waals surface area contributed by atoms with Gasteiger partial charge < -0.3 is 5.11 Å². The van der Waals surface area contributed by atoms with Crippen molar-refractivity contribution in [2.24, 2.45) is 0 Å². The van der Waals surface area contributed by atoms with Crippen LogP contribution in [-0.4, -0.2) is 28.6 Å². The lowest BCUT2D eigenvalue weighted by molar-refractivity contribution is -0.138. The summed E-state index contributed by atoms with van der Waals surface area (Å²) in [4.78, 5) is 12.4. The highest BCUT2D eigenvalue weighted by Gasteiger charge is 2.14. The SMILES string of the molecule is CC(C)N(CC(=O)O)Cc1cc(F)cc(C#N)c1. The van der Waals surface area contributed by atoms with Gasteiger partial charge in [-0.15, -0.1) is 0 Å². The summed E-state index contributed by atoms with van der Waals surface area (Å²) in [5.41, 5.74) is 0.838. The van der Waals surface area contributed by atoms with E-state index in [9.17, 15) is 9.18 Å². The number of hydrogen-bond acceptors (Lipinski definition) is 3. The molecule has 1 N–H and O–H groups in total. The molecule has 0 heterocycles. The third-order valence-corrected chi connectivity index (χ3v) is 2.54. The summed E-state index contributed by atoms with van der Waals surface area (Å²) >= 11 is 0. The summed E-state index contributed by atoms with van der Waals surface area (Å²) in [5, 5.41) is 17.5. The van der Waals surface area contributed by atoms with Gasteiger partial charge in [0.2, 0.25) is 0 Å². The zero-order valence-corrected chi connectivity index (χ0v) is 10.4. The number of nitriles is 1. The van der Waals surface area contributed by atoms with E-state index >= 15 is 0 Å². The Bertz CT molecular complexity index is 480. The first-order chi connectivity index (χ1) is 8.42. The first-order valence-electron chi connectivity index (χ1n) is 5.57. The highest BCUT2D eigenvalue weighted by Crippen LogP contribution is 2.12.